The molecule has 3 aromatic rings. The van der Waals surface area contributed by atoms with E-state index in [1.807, 2.05) is 24.3 Å². The third kappa shape index (κ3) is 5.16. The molecule has 1 saturated heterocycles. The Morgan fingerprint density at radius 1 is 1.17 bits per heavy atom. The average molecular weight is 502 g/mol. The van der Waals surface area contributed by atoms with Crippen LogP contribution in [0.15, 0.2) is 53.4 Å². The quantitative estimate of drug-likeness (QED) is 0.290. The van der Waals surface area contributed by atoms with Gasteiger partial charge in [-0.1, -0.05) is 12.1 Å². The van der Waals surface area contributed by atoms with Gasteiger partial charge in [-0.15, -0.1) is 0 Å². The minimum atomic E-state index is -4.18. The molecule has 12 nitrogen and oxygen atoms in total. The number of carbonyl (C=O) groups excluding carboxylic acids is 1. The number of nitro groups is 1. The molecule has 0 bridgehead atoms. The SMILES string of the molecule is CCOC(=O)c1cc(-c2ccc(N3CCOCC3)cc2)nn1-c1ccc(S(N)(=O)=O)cc1[N+](=O)[O-]. The minimum absolute atomic E-state index is 0.0504. The van der Waals surface area contributed by atoms with Crippen LogP contribution >= 0.6 is 0 Å². The van der Waals surface area contributed by atoms with Gasteiger partial charge in [0.2, 0.25) is 10.0 Å². The van der Waals surface area contributed by atoms with E-state index in [-0.39, 0.29) is 18.0 Å². The summed E-state index contributed by atoms with van der Waals surface area (Å²) in [4.78, 5) is 25.4. The first-order chi connectivity index (χ1) is 16.7. The molecule has 0 atom stereocenters. The molecule has 0 spiro atoms. The van der Waals surface area contributed by atoms with Crippen LogP contribution in [-0.4, -0.2) is 62.0 Å². The average Bonchev–Trinajstić information content (AvgIpc) is 3.29. The molecule has 0 radical (unpaired) electrons. The van der Waals surface area contributed by atoms with Gasteiger partial charge in [0.15, 0.2) is 5.69 Å². The summed E-state index contributed by atoms with van der Waals surface area (Å²) in [5.74, 6) is -0.735. The maximum Gasteiger partial charge on any atom is 0.357 e. The summed E-state index contributed by atoms with van der Waals surface area (Å²) in [6.07, 6.45) is 0. The van der Waals surface area contributed by atoms with E-state index < -0.39 is 31.5 Å². The van der Waals surface area contributed by atoms with Gasteiger partial charge in [-0.2, -0.15) is 5.10 Å². The first kappa shape index (κ1) is 24.3. The van der Waals surface area contributed by atoms with Crippen molar-refractivity contribution in [2.24, 2.45) is 5.14 Å². The van der Waals surface area contributed by atoms with Gasteiger partial charge in [0.1, 0.15) is 5.69 Å². The predicted octanol–water partition coefficient (Wildman–Crippen LogP) is 2.11. The van der Waals surface area contributed by atoms with Crippen LogP contribution in [0.1, 0.15) is 17.4 Å². The molecule has 0 unspecified atom stereocenters. The topological polar surface area (TPSA) is 160 Å². The van der Waals surface area contributed by atoms with E-state index in [0.717, 1.165) is 35.6 Å². The molecule has 13 heteroatoms. The number of hydrogen-bond acceptors (Lipinski definition) is 9. The number of nitrogens with two attached hydrogens (primary N) is 1. The van der Waals surface area contributed by atoms with Gasteiger partial charge < -0.3 is 14.4 Å². The van der Waals surface area contributed by atoms with Gasteiger partial charge in [0.05, 0.1) is 35.3 Å². The molecule has 4 rings (SSSR count). The van der Waals surface area contributed by atoms with Gasteiger partial charge in [0.25, 0.3) is 5.69 Å². The highest BCUT2D eigenvalue weighted by Gasteiger charge is 2.26. The second-order valence-corrected chi connectivity index (χ2v) is 9.21. The van der Waals surface area contributed by atoms with Crippen molar-refractivity contribution < 1.29 is 27.6 Å². The number of carbonyl (C=O) groups is 1. The van der Waals surface area contributed by atoms with Gasteiger partial charge in [-0.25, -0.2) is 23.0 Å². The summed E-state index contributed by atoms with van der Waals surface area (Å²) in [5.41, 5.74) is 1.32. The maximum absolute atomic E-state index is 12.7. The third-order valence-corrected chi connectivity index (χ3v) is 6.34. The Morgan fingerprint density at radius 2 is 1.86 bits per heavy atom. The Balaban J connectivity index is 1.79. The van der Waals surface area contributed by atoms with Crippen molar-refractivity contribution in [2.45, 2.75) is 11.8 Å². The number of hydrogen-bond donors (Lipinski definition) is 1. The molecule has 1 fully saturated rings. The normalized spacial score (nSPS) is 14.1. The highest BCUT2D eigenvalue weighted by Crippen LogP contribution is 2.30. The summed E-state index contributed by atoms with van der Waals surface area (Å²) in [7, 11) is -4.18. The third-order valence-electron chi connectivity index (χ3n) is 5.43. The minimum Gasteiger partial charge on any atom is -0.461 e. The molecule has 35 heavy (non-hydrogen) atoms. The molecule has 0 aliphatic carbocycles. The van der Waals surface area contributed by atoms with E-state index >= 15 is 0 Å². The fourth-order valence-corrected chi connectivity index (χ4v) is 4.26. The largest absolute Gasteiger partial charge is 0.461 e. The molecule has 0 saturated carbocycles. The molecule has 1 aliphatic heterocycles. The molecule has 0 amide bonds. The number of esters is 1. The van der Waals surface area contributed by atoms with Gasteiger partial charge >= 0.3 is 5.97 Å². The first-order valence-electron chi connectivity index (χ1n) is 10.7. The lowest BCUT2D eigenvalue weighted by Crippen LogP contribution is -2.36. The van der Waals surface area contributed by atoms with Crippen LogP contribution in [0.3, 0.4) is 0 Å². The number of benzene rings is 2. The smallest absolute Gasteiger partial charge is 0.357 e. The Hall–Kier alpha value is -3.81. The zero-order valence-corrected chi connectivity index (χ0v) is 19.6. The van der Waals surface area contributed by atoms with Gasteiger partial charge in [0, 0.05) is 30.4 Å². The summed E-state index contributed by atoms with van der Waals surface area (Å²) < 4.78 is 35.0. The molecule has 184 valence electrons. The van der Waals surface area contributed by atoms with Crippen molar-refractivity contribution in [2.75, 3.05) is 37.8 Å². The fraction of sp³-hybridized carbons (Fsp3) is 0.273. The van der Waals surface area contributed by atoms with Crippen molar-refractivity contribution in [1.29, 1.82) is 0 Å². The number of nitro benzene ring substituents is 1. The van der Waals surface area contributed by atoms with Crippen LogP contribution in [0.2, 0.25) is 0 Å². The monoisotopic (exact) mass is 501 g/mol. The van der Waals surface area contributed by atoms with Gasteiger partial charge in [-0.3, -0.25) is 10.1 Å². The molecule has 2 aromatic carbocycles. The van der Waals surface area contributed by atoms with Crippen LogP contribution in [0.4, 0.5) is 11.4 Å². The number of nitrogens with zero attached hydrogens (tertiary/aromatic N) is 4. The first-order valence-corrected chi connectivity index (χ1v) is 12.3. The number of ether oxygens (including phenoxy) is 2. The number of sulfonamides is 1. The molecule has 2 N–H and O–H groups in total. The summed E-state index contributed by atoms with van der Waals surface area (Å²) in [6, 6.07) is 12.1. The van der Waals surface area contributed by atoms with E-state index in [4.69, 9.17) is 14.6 Å². The Morgan fingerprint density at radius 3 is 2.46 bits per heavy atom. The zero-order valence-electron chi connectivity index (χ0n) is 18.8. The van der Waals surface area contributed by atoms with Crippen LogP contribution in [0.5, 0.6) is 0 Å². The van der Waals surface area contributed by atoms with Crippen LogP contribution < -0.4 is 10.0 Å². The molecular formula is C22H23N5O7S. The lowest BCUT2D eigenvalue weighted by molar-refractivity contribution is -0.384. The summed E-state index contributed by atoms with van der Waals surface area (Å²) in [6.45, 7) is 4.57. The number of morpholine rings is 1. The van der Waals surface area contributed by atoms with Crippen molar-refractivity contribution in [3.63, 3.8) is 0 Å². The summed E-state index contributed by atoms with van der Waals surface area (Å²) in [5, 5.41) is 21.3. The van der Waals surface area contributed by atoms with E-state index in [9.17, 15) is 23.3 Å². The molecule has 1 aliphatic rings. The highest BCUT2D eigenvalue weighted by atomic mass is 32.2. The number of rotatable bonds is 7. The van der Waals surface area contributed by atoms with Crippen molar-refractivity contribution in [3.8, 4) is 16.9 Å². The lowest BCUT2D eigenvalue weighted by atomic mass is 10.1. The fourth-order valence-electron chi connectivity index (χ4n) is 3.73. The second kappa shape index (κ2) is 9.82. The Kier molecular flexibility index (Phi) is 6.82. The zero-order chi connectivity index (χ0) is 25.2. The lowest BCUT2D eigenvalue weighted by Gasteiger charge is -2.28. The van der Waals surface area contributed by atoms with Crippen molar-refractivity contribution >= 4 is 27.4 Å². The summed E-state index contributed by atoms with van der Waals surface area (Å²) >= 11 is 0. The van der Waals surface area contributed by atoms with E-state index in [1.54, 1.807) is 6.92 Å². The molecule has 2 heterocycles. The second-order valence-electron chi connectivity index (χ2n) is 7.65. The van der Waals surface area contributed by atoms with Crippen molar-refractivity contribution in [3.05, 3.63) is 64.3 Å². The number of anilines is 1. The predicted molar refractivity (Wildman–Crippen MR) is 126 cm³/mol. The van der Waals surface area contributed by atoms with E-state index in [1.165, 1.54) is 12.1 Å². The Labute approximate surface area is 201 Å². The Bertz CT molecular complexity index is 1360. The maximum atomic E-state index is 12.7. The number of aromatic nitrogens is 2. The van der Waals surface area contributed by atoms with E-state index in [0.29, 0.717) is 24.5 Å². The van der Waals surface area contributed by atoms with Crippen LogP contribution in [-0.2, 0) is 19.5 Å². The highest BCUT2D eigenvalue weighted by molar-refractivity contribution is 7.89. The standard InChI is InChI=1S/C22H23N5O7S/c1-2-34-22(28)21-14-18(15-3-5-16(6-4-15)25-9-11-33-12-10-25)24-26(21)19-8-7-17(35(23,31)32)13-20(19)27(29)30/h3-8,13-14H,2,9-12H2,1H3,(H2,23,31,32). The van der Waals surface area contributed by atoms with Gasteiger partial charge in [-0.05, 0) is 37.3 Å². The van der Waals surface area contributed by atoms with Crippen LogP contribution in [0, 0.1) is 10.1 Å². The molecular weight excluding hydrogens is 478 g/mol. The molecule has 1 aromatic heterocycles. The number of primary sulfonamides is 1. The van der Waals surface area contributed by atoms with Crippen molar-refractivity contribution in [1.82, 2.24) is 9.78 Å². The van der Waals surface area contributed by atoms with Crippen LogP contribution in [0.25, 0.3) is 16.9 Å². The van der Waals surface area contributed by atoms with E-state index in [2.05, 4.69) is 10.00 Å².